The van der Waals surface area contributed by atoms with Crippen LogP contribution in [0.25, 0.3) is 10.8 Å². The molecule has 0 aliphatic rings. The van der Waals surface area contributed by atoms with Crippen LogP contribution in [0.1, 0.15) is 6.92 Å². The van der Waals surface area contributed by atoms with E-state index in [1.165, 1.54) is 24.3 Å². The fraction of sp³-hybridized carbons (Fsp3) is 0.105. The summed E-state index contributed by atoms with van der Waals surface area (Å²) in [6, 6.07) is 19.2. The number of rotatable bonds is 4. The van der Waals surface area contributed by atoms with E-state index in [9.17, 15) is 9.18 Å². The van der Waals surface area contributed by atoms with E-state index in [2.05, 4.69) is 5.32 Å². The molecule has 0 spiro atoms. The zero-order valence-corrected chi connectivity index (χ0v) is 12.6. The van der Waals surface area contributed by atoms with Crippen molar-refractivity contribution < 1.29 is 13.9 Å². The van der Waals surface area contributed by atoms with Crippen molar-refractivity contribution in [1.29, 1.82) is 0 Å². The highest BCUT2D eigenvalue weighted by Gasteiger charge is 2.15. The summed E-state index contributed by atoms with van der Waals surface area (Å²) in [5.74, 6) is -0.150. The third kappa shape index (κ3) is 3.66. The van der Waals surface area contributed by atoms with Crippen molar-refractivity contribution in [3.05, 3.63) is 72.5 Å². The van der Waals surface area contributed by atoms with E-state index >= 15 is 0 Å². The minimum atomic E-state index is -0.688. The van der Waals surface area contributed by atoms with E-state index in [4.69, 9.17) is 4.74 Å². The molecule has 0 fully saturated rings. The summed E-state index contributed by atoms with van der Waals surface area (Å²) in [7, 11) is 0. The van der Waals surface area contributed by atoms with Gasteiger partial charge in [-0.05, 0) is 54.1 Å². The van der Waals surface area contributed by atoms with Crippen molar-refractivity contribution in [3.8, 4) is 5.75 Å². The van der Waals surface area contributed by atoms with Crippen molar-refractivity contribution in [2.75, 3.05) is 5.32 Å². The molecule has 3 nitrogen and oxygen atoms in total. The Labute approximate surface area is 133 Å². The van der Waals surface area contributed by atoms with Gasteiger partial charge in [0.2, 0.25) is 0 Å². The minimum Gasteiger partial charge on any atom is -0.481 e. The van der Waals surface area contributed by atoms with Gasteiger partial charge >= 0.3 is 0 Å². The second-order valence-corrected chi connectivity index (χ2v) is 5.27. The zero-order valence-electron chi connectivity index (χ0n) is 12.6. The van der Waals surface area contributed by atoms with Crippen LogP contribution in [0, 0.1) is 5.82 Å². The number of hydrogen-bond acceptors (Lipinski definition) is 2. The molecule has 0 aromatic heterocycles. The van der Waals surface area contributed by atoms with E-state index in [-0.39, 0.29) is 11.7 Å². The normalized spacial score (nSPS) is 11.9. The largest absolute Gasteiger partial charge is 0.481 e. The van der Waals surface area contributed by atoms with E-state index < -0.39 is 6.10 Å². The Morgan fingerprint density at radius 2 is 1.70 bits per heavy atom. The molecule has 0 unspecified atom stereocenters. The van der Waals surface area contributed by atoms with Gasteiger partial charge in [0, 0.05) is 5.69 Å². The Balaban J connectivity index is 1.68. The monoisotopic (exact) mass is 309 g/mol. The molecule has 0 heterocycles. The molecule has 0 aliphatic heterocycles. The smallest absolute Gasteiger partial charge is 0.265 e. The molecule has 0 bridgehead atoms. The molecule has 0 saturated heterocycles. The number of anilines is 1. The second-order valence-electron chi connectivity index (χ2n) is 5.27. The molecular formula is C19H16FNO2. The van der Waals surface area contributed by atoms with Crippen molar-refractivity contribution in [2.24, 2.45) is 0 Å². The summed E-state index contributed by atoms with van der Waals surface area (Å²) in [4.78, 5) is 12.2. The predicted molar refractivity (Wildman–Crippen MR) is 89.1 cm³/mol. The quantitative estimate of drug-likeness (QED) is 0.776. The molecule has 1 amide bonds. The number of hydrogen-bond donors (Lipinski definition) is 1. The highest BCUT2D eigenvalue weighted by molar-refractivity contribution is 5.96. The molecular weight excluding hydrogens is 293 g/mol. The van der Waals surface area contributed by atoms with Gasteiger partial charge in [0.25, 0.3) is 5.91 Å². The Bertz CT molecular complexity index is 830. The predicted octanol–water partition coefficient (Wildman–Crippen LogP) is 4.38. The fourth-order valence-corrected chi connectivity index (χ4v) is 2.28. The summed E-state index contributed by atoms with van der Waals surface area (Å²) >= 11 is 0. The molecule has 3 aromatic rings. The first-order valence-electron chi connectivity index (χ1n) is 7.34. The van der Waals surface area contributed by atoms with Crippen LogP contribution in [0.2, 0.25) is 0 Å². The van der Waals surface area contributed by atoms with Crippen LogP contribution in [0.4, 0.5) is 10.1 Å². The highest BCUT2D eigenvalue weighted by atomic mass is 19.1. The first kappa shape index (κ1) is 15.0. The molecule has 23 heavy (non-hydrogen) atoms. The maximum absolute atomic E-state index is 12.9. The van der Waals surface area contributed by atoms with Gasteiger partial charge in [-0.15, -0.1) is 0 Å². The van der Waals surface area contributed by atoms with Gasteiger partial charge in [0.05, 0.1) is 0 Å². The summed E-state index contributed by atoms with van der Waals surface area (Å²) in [5.41, 5.74) is 0.711. The van der Waals surface area contributed by atoms with Crippen LogP contribution in [0.15, 0.2) is 66.7 Å². The van der Waals surface area contributed by atoms with Crippen LogP contribution in [0.3, 0.4) is 0 Å². The van der Waals surface area contributed by atoms with Gasteiger partial charge in [0.1, 0.15) is 11.6 Å². The first-order valence-corrected chi connectivity index (χ1v) is 7.34. The lowest BCUT2D eigenvalue weighted by atomic mass is 10.1. The Morgan fingerprint density at radius 3 is 2.43 bits per heavy atom. The molecule has 0 saturated carbocycles. The van der Waals surface area contributed by atoms with Crippen LogP contribution >= 0.6 is 0 Å². The zero-order chi connectivity index (χ0) is 16.2. The van der Waals surface area contributed by atoms with Crippen molar-refractivity contribution in [1.82, 2.24) is 0 Å². The number of amides is 1. The molecule has 3 aromatic carbocycles. The van der Waals surface area contributed by atoms with E-state index in [0.717, 1.165) is 10.8 Å². The van der Waals surface area contributed by atoms with Gasteiger partial charge in [-0.2, -0.15) is 0 Å². The van der Waals surface area contributed by atoms with Gasteiger partial charge in [-0.3, -0.25) is 4.79 Å². The van der Waals surface area contributed by atoms with E-state index in [0.29, 0.717) is 11.4 Å². The van der Waals surface area contributed by atoms with Crippen molar-refractivity contribution >= 4 is 22.4 Å². The minimum absolute atomic E-state index is 0.260. The lowest BCUT2D eigenvalue weighted by molar-refractivity contribution is -0.122. The average Bonchev–Trinajstić information content (AvgIpc) is 2.56. The Hall–Kier alpha value is -2.88. The number of nitrogens with one attached hydrogen (secondary N) is 1. The number of halogens is 1. The summed E-state index contributed by atoms with van der Waals surface area (Å²) in [6.45, 7) is 1.65. The summed E-state index contributed by atoms with van der Waals surface area (Å²) in [5, 5.41) is 4.99. The number of ether oxygens (including phenoxy) is 1. The number of carbonyl (C=O) groups excluding carboxylic acids is 1. The van der Waals surface area contributed by atoms with Crippen LogP contribution < -0.4 is 10.1 Å². The first-order chi connectivity index (χ1) is 11.1. The van der Waals surface area contributed by atoms with Gasteiger partial charge in [0.15, 0.2) is 6.10 Å². The number of carbonyl (C=O) groups is 1. The summed E-state index contributed by atoms with van der Waals surface area (Å²) in [6.07, 6.45) is -0.688. The fourth-order valence-electron chi connectivity index (χ4n) is 2.28. The molecule has 4 heteroatoms. The lowest BCUT2D eigenvalue weighted by Crippen LogP contribution is -2.30. The van der Waals surface area contributed by atoms with Crippen LogP contribution in [-0.2, 0) is 4.79 Å². The van der Waals surface area contributed by atoms with Gasteiger partial charge < -0.3 is 10.1 Å². The third-order valence-electron chi connectivity index (χ3n) is 3.51. The molecule has 1 atom stereocenters. The highest BCUT2D eigenvalue weighted by Crippen LogP contribution is 2.19. The van der Waals surface area contributed by atoms with Gasteiger partial charge in [-0.1, -0.05) is 30.3 Å². The molecule has 3 rings (SSSR count). The number of benzene rings is 3. The second kappa shape index (κ2) is 6.48. The lowest BCUT2D eigenvalue weighted by Gasteiger charge is -2.15. The van der Waals surface area contributed by atoms with Crippen molar-refractivity contribution in [3.63, 3.8) is 0 Å². The molecule has 1 N–H and O–H groups in total. The number of fused-ring (bicyclic) bond motifs is 1. The third-order valence-corrected chi connectivity index (χ3v) is 3.51. The van der Waals surface area contributed by atoms with Crippen LogP contribution in [0.5, 0.6) is 5.75 Å². The molecule has 0 aliphatic carbocycles. The molecule has 0 radical (unpaired) electrons. The SMILES string of the molecule is C[C@@H](Oc1ccc(F)cc1)C(=O)Nc1ccc2ccccc2c1. The Morgan fingerprint density at radius 1 is 1.00 bits per heavy atom. The van der Waals surface area contributed by atoms with E-state index in [1.54, 1.807) is 6.92 Å². The van der Waals surface area contributed by atoms with E-state index in [1.807, 2.05) is 42.5 Å². The standard InChI is InChI=1S/C19H16FNO2/c1-13(23-18-10-7-16(20)8-11-18)19(22)21-17-9-6-14-4-2-3-5-15(14)12-17/h2-13H,1H3,(H,21,22)/t13-/m1/s1. The Kier molecular flexibility index (Phi) is 4.24. The maximum Gasteiger partial charge on any atom is 0.265 e. The molecule has 116 valence electrons. The maximum atomic E-state index is 12.9. The van der Waals surface area contributed by atoms with Gasteiger partial charge in [-0.25, -0.2) is 4.39 Å². The van der Waals surface area contributed by atoms with Crippen molar-refractivity contribution in [2.45, 2.75) is 13.0 Å². The summed E-state index contributed by atoms with van der Waals surface area (Å²) < 4.78 is 18.4. The van der Waals surface area contributed by atoms with Crippen LogP contribution in [-0.4, -0.2) is 12.0 Å². The average molecular weight is 309 g/mol. The topological polar surface area (TPSA) is 38.3 Å².